The molecule has 0 aliphatic rings. The Bertz CT molecular complexity index is 868. The molecule has 0 fully saturated rings. The molecule has 1 heterocycles. The molecule has 0 bridgehead atoms. The van der Waals surface area contributed by atoms with Crippen molar-refractivity contribution in [2.75, 3.05) is 10.0 Å². The average molecular weight is 367 g/mol. The van der Waals surface area contributed by atoms with Crippen molar-refractivity contribution >= 4 is 38.6 Å². The van der Waals surface area contributed by atoms with E-state index in [1.807, 2.05) is 13.8 Å². The van der Waals surface area contributed by atoms with Gasteiger partial charge in [-0.2, -0.15) is 0 Å². The van der Waals surface area contributed by atoms with Crippen molar-refractivity contribution in [2.45, 2.75) is 39.5 Å². The van der Waals surface area contributed by atoms with Crippen molar-refractivity contribution in [3.8, 4) is 0 Å². The Balaban J connectivity index is 2.32. The van der Waals surface area contributed by atoms with Crippen molar-refractivity contribution in [1.29, 1.82) is 0 Å². The van der Waals surface area contributed by atoms with Crippen LogP contribution in [-0.2, 0) is 14.8 Å². The van der Waals surface area contributed by atoms with E-state index in [4.69, 9.17) is 0 Å². The van der Waals surface area contributed by atoms with E-state index in [-0.39, 0.29) is 11.8 Å². The molecule has 0 aliphatic heterocycles. The maximum atomic E-state index is 12.6. The summed E-state index contributed by atoms with van der Waals surface area (Å²) < 4.78 is 27.9. The Kier molecular flexibility index (Phi) is 5.35. The fourth-order valence-corrected chi connectivity index (χ4v) is 4.85. The first kappa shape index (κ1) is 18.5. The van der Waals surface area contributed by atoms with E-state index in [0.717, 1.165) is 15.3 Å². The summed E-state index contributed by atoms with van der Waals surface area (Å²) in [7, 11) is -3.66. The number of carbonyl (C=O) groups is 1. The molecule has 2 N–H and O–H groups in total. The minimum Gasteiger partial charge on any atom is -0.326 e. The van der Waals surface area contributed by atoms with Gasteiger partial charge in [-0.3, -0.25) is 9.52 Å². The molecule has 1 amide bonds. The van der Waals surface area contributed by atoms with Crippen molar-refractivity contribution in [3.05, 3.63) is 39.6 Å². The van der Waals surface area contributed by atoms with Gasteiger partial charge in [0, 0.05) is 21.4 Å². The molecule has 0 saturated heterocycles. The number of thiophene rings is 1. The van der Waals surface area contributed by atoms with Gasteiger partial charge in [0.1, 0.15) is 4.90 Å². The molecule has 0 saturated carbocycles. The zero-order valence-electron chi connectivity index (χ0n) is 14.4. The molecule has 1 aromatic heterocycles. The van der Waals surface area contributed by atoms with E-state index in [1.165, 1.54) is 11.3 Å². The van der Waals surface area contributed by atoms with Gasteiger partial charge in [-0.05, 0) is 44.5 Å². The van der Waals surface area contributed by atoms with Crippen LogP contribution in [0.2, 0.25) is 0 Å². The van der Waals surface area contributed by atoms with Crippen LogP contribution in [0.5, 0.6) is 0 Å². The lowest BCUT2D eigenvalue weighted by Crippen LogP contribution is -2.18. The lowest BCUT2D eigenvalue weighted by atomic mass is 10.1. The first-order chi connectivity index (χ1) is 11.1. The molecule has 7 heteroatoms. The van der Waals surface area contributed by atoms with Crippen LogP contribution >= 0.6 is 11.3 Å². The highest BCUT2D eigenvalue weighted by Gasteiger charge is 2.20. The summed E-state index contributed by atoms with van der Waals surface area (Å²) in [5, 5.41) is 2.78. The van der Waals surface area contributed by atoms with Crippen LogP contribution in [0.25, 0.3) is 0 Å². The molecule has 0 unspecified atom stereocenters. The smallest absolute Gasteiger partial charge is 0.263 e. The Morgan fingerprint density at radius 2 is 1.79 bits per heavy atom. The van der Waals surface area contributed by atoms with E-state index in [0.29, 0.717) is 16.3 Å². The summed E-state index contributed by atoms with van der Waals surface area (Å²) >= 11 is 1.45. The number of hydrogen-bond acceptors (Lipinski definition) is 4. The number of hydrogen-bond donors (Lipinski definition) is 2. The molecule has 1 aromatic carbocycles. The van der Waals surface area contributed by atoms with Crippen molar-refractivity contribution < 1.29 is 13.2 Å². The summed E-state index contributed by atoms with van der Waals surface area (Å²) in [6, 6.07) is 6.84. The normalized spacial score (nSPS) is 11.6. The molecule has 24 heavy (non-hydrogen) atoms. The summed E-state index contributed by atoms with van der Waals surface area (Å²) in [5.74, 6) is -0.264. The summed E-state index contributed by atoms with van der Waals surface area (Å²) in [6.45, 7) is 9.09. The number of sulfonamides is 1. The third kappa shape index (κ3) is 4.15. The van der Waals surface area contributed by atoms with Gasteiger partial charge < -0.3 is 5.32 Å². The molecule has 0 atom stereocenters. The minimum atomic E-state index is -3.66. The van der Waals surface area contributed by atoms with Crippen LogP contribution in [0.15, 0.2) is 29.2 Å². The Morgan fingerprint density at radius 3 is 2.33 bits per heavy atom. The molecule has 0 spiro atoms. The summed E-state index contributed by atoms with van der Waals surface area (Å²) in [6.07, 6.45) is 0. The fourth-order valence-electron chi connectivity index (χ4n) is 2.17. The molecule has 2 aromatic rings. The average Bonchev–Trinajstić information content (AvgIpc) is 2.82. The van der Waals surface area contributed by atoms with Crippen LogP contribution in [0, 0.1) is 26.7 Å². The standard InChI is InChI=1S/C17H22N2O3S2/c1-10(2)17(20)18-14-7-6-11(3)15(9-14)19-24(21,22)16-8-12(4)23-13(16)5/h6-10,19H,1-5H3,(H,18,20). The number of nitrogens with one attached hydrogen (secondary N) is 2. The van der Waals surface area contributed by atoms with E-state index >= 15 is 0 Å². The van der Waals surface area contributed by atoms with Crippen molar-refractivity contribution in [1.82, 2.24) is 0 Å². The van der Waals surface area contributed by atoms with Gasteiger partial charge in [0.15, 0.2) is 0 Å². The van der Waals surface area contributed by atoms with E-state index in [9.17, 15) is 13.2 Å². The lowest BCUT2D eigenvalue weighted by molar-refractivity contribution is -0.118. The Labute approximate surface area is 147 Å². The topological polar surface area (TPSA) is 75.3 Å². The number of carbonyl (C=O) groups excluding carboxylic acids is 1. The van der Waals surface area contributed by atoms with Gasteiger partial charge in [0.25, 0.3) is 10.0 Å². The fraction of sp³-hybridized carbons (Fsp3) is 0.353. The maximum Gasteiger partial charge on any atom is 0.263 e. The quantitative estimate of drug-likeness (QED) is 0.837. The van der Waals surface area contributed by atoms with Gasteiger partial charge in [0.2, 0.25) is 5.91 Å². The van der Waals surface area contributed by atoms with Crippen molar-refractivity contribution in [2.24, 2.45) is 5.92 Å². The van der Waals surface area contributed by atoms with E-state index < -0.39 is 10.0 Å². The first-order valence-corrected chi connectivity index (χ1v) is 9.91. The zero-order valence-corrected chi connectivity index (χ0v) is 16.1. The number of anilines is 2. The Hall–Kier alpha value is -1.86. The minimum absolute atomic E-state index is 0.114. The summed E-state index contributed by atoms with van der Waals surface area (Å²) in [4.78, 5) is 13.8. The SMILES string of the molecule is Cc1cc(S(=O)(=O)Nc2cc(NC(=O)C(C)C)ccc2C)c(C)s1. The third-order valence-corrected chi connectivity index (χ3v) is 6.15. The Morgan fingerprint density at radius 1 is 1.12 bits per heavy atom. The van der Waals surface area contributed by atoms with Gasteiger partial charge >= 0.3 is 0 Å². The highest BCUT2D eigenvalue weighted by atomic mass is 32.2. The predicted molar refractivity (Wildman–Crippen MR) is 99.2 cm³/mol. The molecule has 5 nitrogen and oxygen atoms in total. The largest absolute Gasteiger partial charge is 0.326 e. The maximum absolute atomic E-state index is 12.6. The second-order valence-electron chi connectivity index (χ2n) is 6.06. The van der Waals surface area contributed by atoms with E-state index in [1.54, 1.807) is 45.0 Å². The van der Waals surface area contributed by atoms with Crippen LogP contribution in [0.4, 0.5) is 11.4 Å². The molecule has 0 aliphatic carbocycles. The molecular weight excluding hydrogens is 344 g/mol. The number of aryl methyl sites for hydroxylation is 3. The molecular formula is C17H22N2O3S2. The molecule has 130 valence electrons. The predicted octanol–water partition coefficient (Wildman–Crippen LogP) is 4.07. The van der Waals surface area contributed by atoms with Crippen molar-refractivity contribution in [3.63, 3.8) is 0 Å². The first-order valence-electron chi connectivity index (χ1n) is 7.61. The van der Waals surface area contributed by atoms with Crippen LogP contribution < -0.4 is 10.0 Å². The number of benzene rings is 1. The number of amides is 1. The zero-order chi connectivity index (χ0) is 18.1. The molecule has 0 radical (unpaired) electrons. The second-order valence-corrected chi connectivity index (χ2v) is 9.17. The van der Waals surface area contributed by atoms with Crippen LogP contribution in [0.1, 0.15) is 29.2 Å². The lowest BCUT2D eigenvalue weighted by Gasteiger charge is -2.13. The van der Waals surface area contributed by atoms with Crippen LogP contribution in [-0.4, -0.2) is 14.3 Å². The van der Waals surface area contributed by atoms with Gasteiger partial charge in [0.05, 0.1) is 5.69 Å². The summed E-state index contributed by atoms with van der Waals surface area (Å²) in [5.41, 5.74) is 1.81. The van der Waals surface area contributed by atoms with Crippen LogP contribution in [0.3, 0.4) is 0 Å². The van der Waals surface area contributed by atoms with E-state index in [2.05, 4.69) is 10.0 Å². The third-order valence-electron chi connectivity index (χ3n) is 3.56. The van der Waals surface area contributed by atoms with Gasteiger partial charge in [-0.15, -0.1) is 11.3 Å². The van der Waals surface area contributed by atoms with Gasteiger partial charge in [-0.25, -0.2) is 8.42 Å². The number of rotatable bonds is 5. The second kappa shape index (κ2) is 6.94. The molecule has 2 rings (SSSR count). The highest BCUT2D eigenvalue weighted by molar-refractivity contribution is 7.93. The van der Waals surface area contributed by atoms with Gasteiger partial charge in [-0.1, -0.05) is 19.9 Å². The highest BCUT2D eigenvalue weighted by Crippen LogP contribution is 2.29. The monoisotopic (exact) mass is 366 g/mol.